The highest BCUT2D eigenvalue weighted by Crippen LogP contribution is 2.19. The minimum absolute atomic E-state index is 0.0834. The molecule has 0 bridgehead atoms. The predicted molar refractivity (Wildman–Crippen MR) is 143 cm³/mol. The molecule has 2 rings (SSSR count). The van der Waals surface area contributed by atoms with Crippen LogP contribution in [-0.4, -0.2) is 65.5 Å². The van der Waals surface area contributed by atoms with Crippen LogP contribution in [0.3, 0.4) is 0 Å². The maximum absolute atomic E-state index is 13.2. The highest BCUT2D eigenvalue weighted by Gasteiger charge is 2.30. The summed E-state index contributed by atoms with van der Waals surface area (Å²) in [4.78, 5) is 52.9. The van der Waals surface area contributed by atoms with E-state index in [9.17, 15) is 19.2 Å². The van der Waals surface area contributed by atoms with Crippen LogP contribution in [0.15, 0.2) is 30.5 Å². The van der Waals surface area contributed by atoms with Gasteiger partial charge in [-0.3, -0.25) is 19.2 Å². The van der Waals surface area contributed by atoms with E-state index in [2.05, 4.69) is 33.6 Å². The monoisotopic (exact) mass is 517 g/mol. The zero-order valence-electron chi connectivity index (χ0n) is 20.8. The molecular formula is C25H37N6O4S. The molecule has 11 heteroatoms. The number of unbranched alkanes of at least 4 members (excludes halogenated alkanes) is 1. The Balaban J connectivity index is 2.09. The first-order chi connectivity index (χ1) is 17.2. The van der Waals surface area contributed by atoms with Gasteiger partial charge in [0.05, 0.1) is 6.04 Å². The Morgan fingerprint density at radius 2 is 1.78 bits per heavy atom. The fraction of sp³-hybridized carbons (Fsp3) is 0.520. The number of fused-ring (bicyclic) bond motifs is 1. The normalized spacial score (nSPS) is 14.6. The van der Waals surface area contributed by atoms with Gasteiger partial charge in [0.1, 0.15) is 18.1 Å². The van der Waals surface area contributed by atoms with Gasteiger partial charge in [-0.25, -0.2) is 0 Å². The number of nitrogens with two attached hydrogens (primary N) is 2. The maximum atomic E-state index is 13.2. The van der Waals surface area contributed by atoms with E-state index < -0.39 is 41.9 Å². The van der Waals surface area contributed by atoms with Crippen LogP contribution in [-0.2, 0) is 25.6 Å². The topological polar surface area (TPSA) is 172 Å². The van der Waals surface area contributed by atoms with E-state index in [-0.39, 0.29) is 18.1 Å². The molecular weight excluding hydrogens is 480 g/mol. The minimum Gasteiger partial charge on any atom is -0.361 e. The van der Waals surface area contributed by atoms with E-state index in [0.29, 0.717) is 25.8 Å². The Kier molecular flexibility index (Phi) is 11.9. The van der Waals surface area contributed by atoms with Crippen molar-refractivity contribution in [1.29, 1.82) is 0 Å². The molecule has 0 spiro atoms. The molecule has 10 nitrogen and oxygen atoms in total. The summed E-state index contributed by atoms with van der Waals surface area (Å²) >= 11 is 4.01. The summed E-state index contributed by atoms with van der Waals surface area (Å²) in [5, 5.41) is 8.96. The molecule has 3 amide bonds. The van der Waals surface area contributed by atoms with Gasteiger partial charge in [0.25, 0.3) is 0 Å². The van der Waals surface area contributed by atoms with Gasteiger partial charge in [0.2, 0.25) is 24.0 Å². The van der Waals surface area contributed by atoms with Gasteiger partial charge < -0.3 is 32.4 Å². The van der Waals surface area contributed by atoms with E-state index in [1.54, 1.807) is 20.1 Å². The zero-order valence-corrected chi connectivity index (χ0v) is 21.6. The SMILES string of the molecule is CC(C)[C@H](NC(=O)[C@H](CCCCN)NC(=O)[C@H](N)Cc1c[nH]c2ccccc12)C(=O)N[C@H]([C]=O)CS. The van der Waals surface area contributed by atoms with Gasteiger partial charge in [-0.05, 0) is 49.8 Å². The predicted octanol–water partition coefficient (Wildman–Crippen LogP) is 0.317. The summed E-state index contributed by atoms with van der Waals surface area (Å²) < 4.78 is 0. The van der Waals surface area contributed by atoms with Gasteiger partial charge in [-0.2, -0.15) is 12.6 Å². The molecule has 1 heterocycles. The molecule has 2 aromatic rings. The van der Waals surface area contributed by atoms with Crippen molar-refractivity contribution in [1.82, 2.24) is 20.9 Å². The summed E-state index contributed by atoms with van der Waals surface area (Å²) in [6, 6.07) is 4.14. The lowest BCUT2D eigenvalue weighted by molar-refractivity contribution is -0.133. The van der Waals surface area contributed by atoms with Crippen molar-refractivity contribution in [3.63, 3.8) is 0 Å². The van der Waals surface area contributed by atoms with Crippen LogP contribution in [0.25, 0.3) is 10.9 Å². The van der Waals surface area contributed by atoms with Crippen LogP contribution in [0.2, 0.25) is 0 Å². The molecule has 8 N–H and O–H groups in total. The molecule has 36 heavy (non-hydrogen) atoms. The van der Waals surface area contributed by atoms with Crippen molar-refractivity contribution in [3.8, 4) is 0 Å². The van der Waals surface area contributed by atoms with Crippen molar-refractivity contribution in [3.05, 3.63) is 36.0 Å². The molecule has 0 fully saturated rings. The Morgan fingerprint density at radius 3 is 2.42 bits per heavy atom. The van der Waals surface area contributed by atoms with Crippen LogP contribution in [0.5, 0.6) is 0 Å². The average Bonchev–Trinajstić information content (AvgIpc) is 3.27. The van der Waals surface area contributed by atoms with E-state index in [1.165, 1.54) is 0 Å². The number of carbonyl (C=O) groups excluding carboxylic acids is 4. The minimum atomic E-state index is -0.915. The molecule has 1 radical (unpaired) electrons. The number of hydrogen-bond donors (Lipinski definition) is 7. The summed E-state index contributed by atoms with van der Waals surface area (Å²) in [7, 11) is 0. The molecule has 0 unspecified atom stereocenters. The van der Waals surface area contributed by atoms with Crippen molar-refractivity contribution in [2.75, 3.05) is 12.3 Å². The number of amides is 3. The van der Waals surface area contributed by atoms with Crippen molar-refractivity contribution >= 4 is 47.5 Å². The van der Waals surface area contributed by atoms with Crippen LogP contribution in [0, 0.1) is 5.92 Å². The van der Waals surface area contributed by atoms with Crippen LogP contribution < -0.4 is 27.4 Å². The summed E-state index contributed by atoms with van der Waals surface area (Å²) in [6.07, 6.45) is 5.43. The fourth-order valence-electron chi connectivity index (χ4n) is 3.83. The molecule has 1 aromatic carbocycles. The van der Waals surface area contributed by atoms with Gasteiger partial charge in [-0.1, -0.05) is 32.0 Å². The number of para-hydroxylation sites is 1. The first-order valence-corrected chi connectivity index (χ1v) is 12.7. The third-order valence-electron chi connectivity index (χ3n) is 5.92. The molecule has 0 aliphatic heterocycles. The fourth-order valence-corrected chi connectivity index (χ4v) is 4.00. The average molecular weight is 518 g/mol. The number of nitrogens with one attached hydrogen (secondary N) is 4. The Morgan fingerprint density at radius 1 is 1.06 bits per heavy atom. The third kappa shape index (κ3) is 8.35. The molecule has 197 valence electrons. The van der Waals surface area contributed by atoms with Crippen molar-refractivity contribution in [2.45, 2.75) is 63.7 Å². The number of thiol groups is 1. The van der Waals surface area contributed by atoms with Crippen molar-refractivity contribution < 1.29 is 19.2 Å². The lowest BCUT2D eigenvalue weighted by atomic mass is 10.0. The Labute approximate surface area is 217 Å². The molecule has 0 aliphatic carbocycles. The number of aromatic amines is 1. The number of rotatable bonds is 15. The number of carbonyl (C=O) groups is 3. The van der Waals surface area contributed by atoms with E-state index in [0.717, 1.165) is 16.5 Å². The second-order valence-corrected chi connectivity index (χ2v) is 9.47. The maximum Gasteiger partial charge on any atom is 0.243 e. The molecule has 0 saturated heterocycles. The highest BCUT2D eigenvalue weighted by atomic mass is 32.1. The van der Waals surface area contributed by atoms with Gasteiger partial charge >= 0.3 is 0 Å². The molecule has 0 saturated carbocycles. The smallest absolute Gasteiger partial charge is 0.243 e. The van der Waals surface area contributed by atoms with E-state index in [4.69, 9.17) is 11.5 Å². The van der Waals surface area contributed by atoms with Crippen LogP contribution in [0.1, 0.15) is 38.7 Å². The second kappa shape index (κ2) is 14.6. The highest BCUT2D eigenvalue weighted by molar-refractivity contribution is 7.80. The molecule has 4 atom stereocenters. The summed E-state index contributed by atoms with van der Waals surface area (Å²) in [5.74, 6) is -1.69. The van der Waals surface area contributed by atoms with Gasteiger partial charge in [0, 0.05) is 22.9 Å². The largest absolute Gasteiger partial charge is 0.361 e. The van der Waals surface area contributed by atoms with E-state index in [1.807, 2.05) is 30.5 Å². The third-order valence-corrected chi connectivity index (χ3v) is 6.28. The lowest BCUT2D eigenvalue weighted by Crippen LogP contribution is -2.58. The van der Waals surface area contributed by atoms with Crippen molar-refractivity contribution in [2.24, 2.45) is 17.4 Å². The molecule has 0 aliphatic rings. The first kappa shape index (κ1) is 29.3. The van der Waals surface area contributed by atoms with Gasteiger partial charge in [-0.15, -0.1) is 0 Å². The number of H-pyrrole nitrogens is 1. The second-order valence-electron chi connectivity index (χ2n) is 9.11. The Hall–Kier alpha value is -2.89. The lowest BCUT2D eigenvalue weighted by Gasteiger charge is -2.26. The summed E-state index contributed by atoms with van der Waals surface area (Å²) in [6.45, 7) is 3.99. The zero-order chi connectivity index (χ0) is 26.7. The quantitative estimate of drug-likeness (QED) is 0.132. The van der Waals surface area contributed by atoms with Gasteiger partial charge in [0.15, 0.2) is 0 Å². The first-order valence-electron chi connectivity index (χ1n) is 12.1. The van der Waals surface area contributed by atoms with Crippen LogP contribution in [0.4, 0.5) is 0 Å². The van der Waals surface area contributed by atoms with Crippen LogP contribution >= 0.6 is 12.6 Å². The van der Waals surface area contributed by atoms with E-state index >= 15 is 0 Å². The number of aromatic nitrogens is 1. The standard InChI is InChI=1S/C25H37N6O4S/c1-15(2)22(25(35)29-17(13-32)14-36)31-24(34)21(9-5-6-10-26)30-23(33)19(27)11-16-12-28-20-8-4-3-7-18(16)20/h3-4,7-8,12,15,17,19,21-22,28,36H,5-6,9-11,14,26-27H2,1-2H3,(H,29,35)(H,30,33)(H,31,34)/t17-,19-,21+,22+/m1/s1. The summed E-state index contributed by atoms with van der Waals surface area (Å²) in [5.41, 5.74) is 13.6. The Bertz CT molecular complexity index is 1030. The number of hydrogen-bond acceptors (Lipinski definition) is 7. The molecule has 1 aromatic heterocycles. The number of benzene rings is 1.